The second-order valence-corrected chi connectivity index (χ2v) is 6.38. The number of ether oxygens (including phenoxy) is 1. The number of carbonyl (C=O) groups excluding carboxylic acids is 1. The Kier molecular flexibility index (Phi) is 5.87. The lowest BCUT2D eigenvalue weighted by molar-refractivity contribution is -0.118. The number of anilines is 1. The van der Waals surface area contributed by atoms with E-state index in [4.69, 9.17) is 16.3 Å². The van der Waals surface area contributed by atoms with Crippen LogP contribution in [0.3, 0.4) is 0 Å². The molecule has 5 heteroatoms. The van der Waals surface area contributed by atoms with E-state index >= 15 is 0 Å². The van der Waals surface area contributed by atoms with Crippen molar-refractivity contribution in [2.45, 2.75) is 13.3 Å². The minimum absolute atomic E-state index is 0.0557. The minimum Gasteiger partial charge on any atom is -0.484 e. The van der Waals surface area contributed by atoms with Crippen LogP contribution in [0.5, 0.6) is 5.75 Å². The SMILES string of the molecule is Cc1cc(OCC(=O)Nc2ccc(Cc3ccncc3)cc2)ccc1Cl. The lowest BCUT2D eigenvalue weighted by atomic mass is 10.1. The van der Waals surface area contributed by atoms with Gasteiger partial charge in [-0.3, -0.25) is 9.78 Å². The zero-order valence-corrected chi connectivity index (χ0v) is 15.2. The summed E-state index contributed by atoms with van der Waals surface area (Å²) in [7, 11) is 0. The predicted octanol–water partition coefficient (Wildman–Crippen LogP) is 4.65. The first-order valence-corrected chi connectivity index (χ1v) is 8.64. The molecule has 0 atom stereocenters. The molecule has 0 aliphatic carbocycles. The van der Waals surface area contributed by atoms with Crippen LogP contribution < -0.4 is 10.1 Å². The van der Waals surface area contributed by atoms with Crippen molar-refractivity contribution in [3.05, 3.63) is 88.7 Å². The van der Waals surface area contributed by atoms with Crippen LogP contribution in [0.15, 0.2) is 67.0 Å². The number of nitrogens with one attached hydrogen (secondary N) is 1. The number of benzene rings is 2. The molecule has 2 aromatic carbocycles. The van der Waals surface area contributed by atoms with Crippen LogP contribution in [-0.4, -0.2) is 17.5 Å². The molecule has 0 radical (unpaired) electrons. The Hall–Kier alpha value is -2.85. The summed E-state index contributed by atoms with van der Waals surface area (Å²) in [6.07, 6.45) is 4.40. The number of aryl methyl sites for hydroxylation is 1. The van der Waals surface area contributed by atoms with Crippen molar-refractivity contribution in [3.63, 3.8) is 0 Å². The number of aromatic nitrogens is 1. The quantitative estimate of drug-likeness (QED) is 0.690. The van der Waals surface area contributed by atoms with Gasteiger partial charge in [0, 0.05) is 23.1 Å². The summed E-state index contributed by atoms with van der Waals surface area (Å²) in [5.41, 5.74) is 4.02. The number of rotatable bonds is 6. The van der Waals surface area contributed by atoms with Gasteiger partial charge in [-0.25, -0.2) is 0 Å². The van der Waals surface area contributed by atoms with Crippen LogP contribution in [0.25, 0.3) is 0 Å². The molecular formula is C21H19ClN2O2. The molecule has 0 unspecified atom stereocenters. The van der Waals surface area contributed by atoms with Crippen LogP contribution in [0, 0.1) is 6.92 Å². The number of pyridine rings is 1. The molecule has 0 saturated heterocycles. The minimum atomic E-state index is -0.209. The molecule has 1 heterocycles. The second-order valence-electron chi connectivity index (χ2n) is 5.98. The van der Waals surface area contributed by atoms with E-state index in [9.17, 15) is 4.79 Å². The largest absolute Gasteiger partial charge is 0.484 e. The summed E-state index contributed by atoms with van der Waals surface area (Å²) >= 11 is 5.98. The highest BCUT2D eigenvalue weighted by atomic mass is 35.5. The van der Waals surface area contributed by atoms with Gasteiger partial charge in [-0.2, -0.15) is 0 Å². The van der Waals surface area contributed by atoms with E-state index in [1.807, 2.05) is 49.4 Å². The molecular weight excluding hydrogens is 348 g/mol. The van der Waals surface area contributed by atoms with Crippen molar-refractivity contribution in [2.75, 3.05) is 11.9 Å². The summed E-state index contributed by atoms with van der Waals surface area (Å²) in [6, 6.07) is 17.1. The van der Waals surface area contributed by atoms with Crippen molar-refractivity contribution < 1.29 is 9.53 Å². The number of hydrogen-bond acceptors (Lipinski definition) is 3. The summed E-state index contributed by atoms with van der Waals surface area (Å²) in [4.78, 5) is 16.1. The Morgan fingerprint density at radius 3 is 2.42 bits per heavy atom. The smallest absolute Gasteiger partial charge is 0.262 e. The fourth-order valence-electron chi connectivity index (χ4n) is 2.50. The lowest BCUT2D eigenvalue weighted by Gasteiger charge is -2.09. The summed E-state index contributed by atoms with van der Waals surface area (Å²) < 4.78 is 5.50. The van der Waals surface area contributed by atoms with Crippen LogP contribution in [0.1, 0.15) is 16.7 Å². The highest BCUT2D eigenvalue weighted by Gasteiger charge is 2.05. The first-order valence-electron chi connectivity index (χ1n) is 8.27. The van der Waals surface area contributed by atoms with Gasteiger partial charge in [0.15, 0.2) is 6.61 Å². The molecule has 1 N–H and O–H groups in total. The molecule has 3 aromatic rings. The Bertz CT molecular complexity index is 880. The van der Waals surface area contributed by atoms with Gasteiger partial charge in [0.05, 0.1) is 0 Å². The molecule has 0 saturated carbocycles. The molecule has 0 aliphatic rings. The number of nitrogens with zero attached hydrogens (tertiary/aromatic N) is 1. The summed E-state index contributed by atoms with van der Waals surface area (Å²) in [5.74, 6) is 0.411. The molecule has 1 aromatic heterocycles. The Balaban J connectivity index is 1.51. The topological polar surface area (TPSA) is 51.2 Å². The summed E-state index contributed by atoms with van der Waals surface area (Å²) in [6.45, 7) is 1.84. The van der Waals surface area contributed by atoms with Gasteiger partial charge in [-0.15, -0.1) is 0 Å². The van der Waals surface area contributed by atoms with Gasteiger partial charge < -0.3 is 10.1 Å². The van der Waals surface area contributed by atoms with Gasteiger partial charge in [0.25, 0.3) is 5.91 Å². The maximum atomic E-state index is 12.0. The van der Waals surface area contributed by atoms with E-state index < -0.39 is 0 Å². The molecule has 3 rings (SSSR count). The van der Waals surface area contributed by atoms with Gasteiger partial charge in [-0.1, -0.05) is 23.7 Å². The van der Waals surface area contributed by atoms with Crippen molar-refractivity contribution in [3.8, 4) is 5.75 Å². The monoisotopic (exact) mass is 366 g/mol. The second kappa shape index (κ2) is 8.50. The molecule has 26 heavy (non-hydrogen) atoms. The normalized spacial score (nSPS) is 10.4. The molecule has 0 spiro atoms. The zero-order valence-electron chi connectivity index (χ0n) is 14.4. The van der Waals surface area contributed by atoms with Crippen molar-refractivity contribution >= 4 is 23.2 Å². The first kappa shape index (κ1) is 18.0. The van der Waals surface area contributed by atoms with E-state index in [1.54, 1.807) is 24.5 Å². The van der Waals surface area contributed by atoms with E-state index in [0.29, 0.717) is 10.8 Å². The third kappa shape index (κ3) is 5.07. The van der Waals surface area contributed by atoms with Crippen LogP contribution in [0.4, 0.5) is 5.69 Å². The lowest BCUT2D eigenvalue weighted by Crippen LogP contribution is -2.20. The van der Waals surface area contributed by atoms with E-state index in [1.165, 1.54) is 11.1 Å². The van der Waals surface area contributed by atoms with Crippen molar-refractivity contribution in [2.24, 2.45) is 0 Å². The first-order chi connectivity index (χ1) is 12.6. The third-order valence-electron chi connectivity index (χ3n) is 3.89. The molecule has 0 aliphatic heterocycles. The molecule has 0 fully saturated rings. The average Bonchev–Trinajstić information content (AvgIpc) is 2.65. The number of carbonyl (C=O) groups is 1. The molecule has 132 valence electrons. The Labute approximate surface area is 157 Å². The zero-order chi connectivity index (χ0) is 18.4. The fraction of sp³-hybridized carbons (Fsp3) is 0.143. The van der Waals surface area contributed by atoms with E-state index in [0.717, 1.165) is 17.7 Å². The van der Waals surface area contributed by atoms with Crippen molar-refractivity contribution in [1.82, 2.24) is 4.98 Å². The summed E-state index contributed by atoms with van der Waals surface area (Å²) in [5, 5.41) is 3.50. The van der Waals surface area contributed by atoms with Crippen LogP contribution >= 0.6 is 11.6 Å². The number of amides is 1. The fourth-order valence-corrected chi connectivity index (χ4v) is 2.61. The van der Waals surface area contributed by atoms with Gasteiger partial charge in [0.1, 0.15) is 5.75 Å². The van der Waals surface area contributed by atoms with Crippen LogP contribution in [-0.2, 0) is 11.2 Å². The Morgan fingerprint density at radius 1 is 1.04 bits per heavy atom. The molecule has 1 amide bonds. The highest BCUT2D eigenvalue weighted by Crippen LogP contribution is 2.21. The molecule has 4 nitrogen and oxygen atoms in total. The van der Waals surface area contributed by atoms with E-state index in [-0.39, 0.29) is 12.5 Å². The molecule has 0 bridgehead atoms. The number of halogens is 1. The third-order valence-corrected chi connectivity index (χ3v) is 4.32. The standard InChI is InChI=1S/C21H19ClN2O2/c1-15-12-19(6-7-20(15)22)26-14-21(25)24-18-4-2-16(3-5-18)13-17-8-10-23-11-9-17/h2-12H,13-14H2,1H3,(H,24,25). The maximum Gasteiger partial charge on any atom is 0.262 e. The average molecular weight is 367 g/mol. The maximum absolute atomic E-state index is 12.0. The van der Waals surface area contributed by atoms with E-state index in [2.05, 4.69) is 10.3 Å². The number of hydrogen-bond donors (Lipinski definition) is 1. The van der Waals surface area contributed by atoms with Crippen molar-refractivity contribution in [1.29, 1.82) is 0 Å². The van der Waals surface area contributed by atoms with Gasteiger partial charge in [-0.05, 0) is 72.5 Å². The van der Waals surface area contributed by atoms with Crippen LogP contribution in [0.2, 0.25) is 5.02 Å². The van der Waals surface area contributed by atoms with Gasteiger partial charge in [0.2, 0.25) is 0 Å². The highest BCUT2D eigenvalue weighted by molar-refractivity contribution is 6.31. The van der Waals surface area contributed by atoms with Gasteiger partial charge >= 0.3 is 0 Å². The Morgan fingerprint density at radius 2 is 1.73 bits per heavy atom. The predicted molar refractivity (Wildman–Crippen MR) is 104 cm³/mol.